The minimum Gasteiger partial charge on any atom is -0.484 e. The monoisotopic (exact) mass is 461 g/mol. The molecule has 0 atom stereocenters. The van der Waals surface area contributed by atoms with Gasteiger partial charge in [-0.3, -0.25) is 4.79 Å². The normalized spacial score (nSPS) is 10.7. The molecule has 0 aliphatic rings. The third kappa shape index (κ3) is 4.88. The molecular formula is C20H20BrN3O3S. The van der Waals surface area contributed by atoms with Crippen molar-refractivity contribution in [3.05, 3.63) is 68.3 Å². The summed E-state index contributed by atoms with van der Waals surface area (Å²) in [5, 5.41) is 7.16. The fraction of sp³-hybridized carbons (Fsp3) is 0.250. The van der Waals surface area contributed by atoms with E-state index in [0.717, 1.165) is 32.6 Å². The third-order valence-electron chi connectivity index (χ3n) is 4.15. The van der Waals surface area contributed by atoms with Gasteiger partial charge in [-0.15, -0.1) is 5.10 Å². The van der Waals surface area contributed by atoms with Crippen LogP contribution in [0.5, 0.6) is 5.75 Å². The average molecular weight is 462 g/mol. The molecule has 2 aromatic carbocycles. The van der Waals surface area contributed by atoms with Gasteiger partial charge in [-0.1, -0.05) is 34.1 Å². The Labute approximate surface area is 176 Å². The van der Waals surface area contributed by atoms with Gasteiger partial charge in [-0.25, -0.2) is 4.68 Å². The lowest BCUT2D eigenvalue weighted by Gasteiger charge is -2.12. The number of nitrogens with zero attached hydrogens (tertiary/aromatic N) is 2. The molecule has 0 unspecified atom stereocenters. The number of ether oxygens (including phenoxy) is 1. The van der Waals surface area contributed by atoms with Crippen LogP contribution < -0.4 is 10.1 Å². The topological polar surface area (TPSA) is 69.3 Å². The number of anilines is 1. The van der Waals surface area contributed by atoms with Gasteiger partial charge in [-0.05, 0) is 67.9 Å². The maximum Gasteiger partial charge on any atom is 0.287 e. The molecule has 1 aromatic heterocycles. The fourth-order valence-electron chi connectivity index (χ4n) is 2.79. The van der Waals surface area contributed by atoms with Crippen LogP contribution in [0.3, 0.4) is 0 Å². The molecule has 1 heterocycles. The van der Waals surface area contributed by atoms with E-state index in [9.17, 15) is 4.79 Å². The first kappa shape index (κ1) is 20.3. The van der Waals surface area contributed by atoms with Crippen molar-refractivity contribution in [2.45, 2.75) is 33.9 Å². The number of hydrogen-bond acceptors (Lipinski definition) is 5. The Morgan fingerprint density at radius 3 is 2.57 bits per heavy atom. The third-order valence-corrected chi connectivity index (χ3v) is 4.90. The zero-order chi connectivity index (χ0) is 20.3. The Morgan fingerprint density at radius 1 is 1.21 bits per heavy atom. The van der Waals surface area contributed by atoms with Crippen LogP contribution in [0.2, 0.25) is 0 Å². The highest BCUT2D eigenvalue weighted by atomic mass is 79.9. The van der Waals surface area contributed by atoms with Crippen LogP contribution in [0.4, 0.5) is 5.69 Å². The predicted molar refractivity (Wildman–Crippen MR) is 113 cm³/mol. The molecule has 3 aromatic rings. The van der Waals surface area contributed by atoms with Gasteiger partial charge in [0.15, 0.2) is 6.61 Å². The minimum absolute atomic E-state index is 0.0400. The lowest BCUT2D eigenvalue weighted by molar-refractivity contribution is -0.117. The molecular weight excluding hydrogens is 442 g/mol. The van der Waals surface area contributed by atoms with E-state index in [2.05, 4.69) is 26.3 Å². The number of carbonyl (C=O) groups is 1. The Bertz CT molecular complexity index is 1050. The number of hydrogen-bond donors (Lipinski definition) is 1. The van der Waals surface area contributed by atoms with E-state index in [1.165, 1.54) is 4.68 Å². The zero-order valence-electron chi connectivity index (χ0n) is 15.8. The number of amides is 1. The number of aryl methyl sites for hydroxylation is 3. The summed E-state index contributed by atoms with van der Waals surface area (Å²) in [7, 11) is 0. The van der Waals surface area contributed by atoms with Gasteiger partial charge >= 0.3 is 0 Å². The van der Waals surface area contributed by atoms with Crippen molar-refractivity contribution < 1.29 is 13.9 Å². The van der Waals surface area contributed by atoms with E-state index in [4.69, 9.17) is 21.4 Å². The summed E-state index contributed by atoms with van der Waals surface area (Å²) in [5.41, 5.74) is 3.74. The van der Waals surface area contributed by atoms with Crippen molar-refractivity contribution in [2.24, 2.45) is 0 Å². The van der Waals surface area contributed by atoms with Gasteiger partial charge in [0.05, 0.1) is 0 Å². The van der Waals surface area contributed by atoms with Crippen LogP contribution in [0.25, 0.3) is 0 Å². The van der Waals surface area contributed by atoms with Crippen molar-refractivity contribution >= 4 is 39.7 Å². The SMILES string of the molecule is Cc1ccccc1OCc1nn(CC(=O)Nc2c(C)cc(Br)cc2C)c(=S)o1. The molecule has 0 radical (unpaired) electrons. The molecule has 6 nitrogen and oxygen atoms in total. The summed E-state index contributed by atoms with van der Waals surface area (Å²) in [6.07, 6.45) is 0. The maximum atomic E-state index is 12.5. The van der Waals surface area contributed by atoms with Gasteiger partial charge < -0.3 is 14.5 Å². The van der Waals surface area contributed by atoms with Crippen LogP contribution >= 0.6 is 28.1 Å². The highest BCUT2D eigenvalue weighted by Gasteiger charge is 2.13. The molecule has 8 heteroatoms. The number of rotatable bonds is 6. The Balaban J connectivity index is 1.66. The van der Waals surface area contributed by atoms with Crippen molar-refractivity contribution in [1.29, 1.82) is 0 Å². The molecule has 146 valence electrons. The lowest BCUT2D eigenvalue weighted by Crippen LogP contribution is -2.21. The van der Waals surface area contributed by atoms with Gasteiger partial charge in [-0.2, -0.15) is 0 Å². The van der Waals surface area contributed by atoms with Crippen LogP contribution in [0, 0.1) is 25.6 Å². The summed E-state index contributed by atoms with van der Waals surface area (Å²) in [6.45, 7) is 5.93. The summed E-state index contributed by atoms with van der Waals surface area (Å²) < 4.78 is 13.5. The van der Waals surface area contributed by atoms with Gasteiger partial charge in [0, 0.05) is 10.2 Å². The van der Waals surface area contributed by atoms with Crippen LogP contribution in [0.15, 0.2) is 45.3 Å². The maximum absolute atomic E-state index is 12.5. The van der Waals surface area contributed by atoms with Crippen molar-refractivity contribution in [1.82, 2.24) is 9.78 Å². The molecule has 1 amide bonds. The van der Waals surface area contributed by atoms with E-state index < -0.39 is 0 Å². The summed E-state index contributed by atoms with van der Waals surface area (Å²) in [6, 6.07) is 11.6. The molecule has 0 aliphatic carbocycles. The first-order chi connectivity index (χ1) is 13.3. The molecule has 0 bridgehead atoms. The van der Waals surface area contributed by atoms with E-state index in [-0.39, 0.29) is 23.9 Å². The standard InChI is InChI=1S/C20H20BrN3O3S/c1-12-6-4-5-7-16(12)26-11-18-23-24(20(28)27-18)10-17(25)22-19-13(2)8-15(21)9-14(19)3/h4-9H,10-11H2,1-3H3,(H,22,25). The Hall–Kier alpha value is -2.45. The second-order valence-corrected chi connectivity index (χ2v) is 7.70. The first-order valence-corrected chi connectivity index (χ1v) is 9.85. The largest absolute Gasteiger partial charge is 0.484 e. The van der Waals surface area contributed by atoms with E-state index in [1.54, 1.807) is 0 Å². The van der Waals surface area contributed by atoms with Gasteiger partial charge in [0.25, 0.3) is 10.7 Å². The number of benzene rings is 2. The number of aromatic nitrogens is 2. The predicted octanol–water partition coefficient (Wildman–Crippen LogP) is 5.11. The fourth-order valence-corrected chi connectivity index (χ4v) is 3.68. The summed E-state index contributed by atoms with van der Waals surface area (Å²) in [4.78, 5) is 12.6. The van der Waals surface area contributed by atoms with Crippen LogP contribution in [0.1, 0.15) is 22.6 Å². The smallest absolute Gasteiger partial charge is 0.287 e. The average Bonchev–Trinajstić information content (AvgIpc) is 2.97. The van der Waals surface area contributed by atoms with Crippen LogP contribution in [-0.2, 0) is 17.9 Å². The number of carbonyl (C=O) groups excluding carboxylic acids is 1. The highest BCUT2D eigenvalue weighted by molar-refractivity contribution is 9.10. The Kier molecular flexibility index (Phi) is 6.31. The van der Waals surface area contributed by atoms with Gasteiger partial charge in [0.1, 0.15) is 12.3 Å². The van der Waals surface area contributed by atoms with Crippen molar-refractivity contribution in [3.63, 3.8) is 0 Å². The number of nitrogens with one attached hydrogen (secondary N) is 1. The van der Waals surface area contributed by atoms with Gasteiger partial charge in [0.2, 0.25) is 5.91 Å². The Morgan fingerprint density at radius 2 is 1.89 bits per heavy atom. The molecule has 28 heavy (non-hydrogen) atoms. The van der Waals surface area contributed by atoms with Crippen molar-refractivity contribution in [2.75, 3.05) is 5.32 Å². The van der Waals surface area contributed by atoms with Crippen LogP contribution in [-0.4, -0.2) is 15.7 Å². The summed E-state index contributed by atoms with van der Waals surface area (Å²) in [5.74, 6) is 0.832. The zero-order valence-corrected chi connectivity index (χ0v) is 18.2. The molecule has 3 rings (SSSR count). The first-order valence-electron chi connectivity index (χ1n) is 8.65. The second-order valence-electron chi connectivity index (χ2n) is 6.44. The molecule has 0 spiro atoms. The molecule has 0 fully saturated rings. The molecule has 0 saturated carbocycles. The quantitative estimate of drug-likeness (QED) is 0.516. The number of para-hydroxylation sites is 1. The van der Waals surface area contributed by atoms with E-state index in [1.807, 2.05) is 57.2 Å². The highest BCUT2D eigenvalue weighted by Crippen LogP contribution is 2.25. The second kappa shape index (κ2) is 8.70. The number of halogens is 1. The lowest BCUT2D eigenvalue weighted by atomic mass is 10.1. The summed E-state index contributed by atoms with van der Waals surface area (Å²) >= 11 is 8.62. The molecule has 1 N–H and O–H groups in total. The van der Waals surface area contributed by atoms with E-state index >= 15 is 0 Å². The van der Waals surface area contributed by atoms with Crippen molar-refractivity contribution in [3.8, 4) is 5.75 Å². The van der Waals surface area contributed by atoms with E-state index in [0.29, 0.717) is 5.89 Å². The molecule has 0 saturated heterocycles. The minimum atomic E-state index is -0.232. The molecule has 0 aliphatic heterocycles.